The van der Waals surface area contributed by atoms with Crippen LogP contribution in [0.25, 0.3) is 0 Å². The highest BCUT2D eigenvalue weighted by molar-refractivity contribution is 4.68. The molecule has 0 bridgehead atoms. The van der Waals surface area contributed by atoms with E-state index >= 15 is 0 Å². The molecule has 0 saturated carbocycles. The molecule has 1 aliphatic heterocycles. The van der Waals surface area contributed by atoms with Crippen molar-refractivity contribution in [2.75, 3.05) is 46.4 Å². The van der Waals surface area contributed by atoms with Crippen LogP contribution in [-0.4, -0.2) is 61.3 Å². The van der Waals surface area contributed by atoms with Crippen molar-refractivity contribution in [2.45, 2.75) is 6.42 Å². The van der Waals surface area contributed by atoms with E-state index in [4.69, 9.17) is 5.11 Å². The monoisotopic (exact) mass is 184 g/mol. The minimum Gasteiger partial charge on any atom is -0.396 e. The number of hydrogen-bond donors (Lipinski definition) is 1. The van der Waals surface area contributed by atoms with Crippen molar-refractivity contribution in [1.82, 2.24) is 9.80 Å². The summed E-state index contributed by atoms with van der Waals surface area (Å²) >= 11 is 0. The molecule has 3 heteroatoms. The van der Waals surface area contributed by atoms with Crippen LogP contribution in [-0.2, 0) is 0 Å². The first-order valence-electron chi connectivity index (χ1n) is 4.68. The molecule has 1 aliphatic rings. The Morgan fingerprint density at radius 2 is 1.69 bits per heavy atom. The van der Waals surface area contributed by atoms with Gasteiger partial charge in [-0.05, 0) is 13.5 Å². The average Bonchev–Trinajstić information content (AvgIpc) is 2.20. The molecule has 1 saturated heterocycles. The summed E-state index contributed by atoms with van der Waals surface area (Å²) in [5.74, 6) is 0. The van der Waals surface area contributed by atoms with Gasteiger partial charge in [-0.2, -0.15) is 0 Å². The summed E-state index contributed by atoms with van der Waals surface area (Å²) in [5.41, 5.74) is 0. The second kappa shape index (κ2) is 8.06. The molecule has 0 aromatic rings. The fraction of sp³-hybridized carbons (Fsp3) is 0.800. The van der Waals surface area contributed by atoms with Gasteiger partial charge < -0.3 is 14.9 Å². The Hall–Kier alpha value is -0.560. The second-order valence-electron chi connectivity index (χ2n) is 3.22. The Morgan fingerprint density at radius 3 is 2.15 bits per heavy atom. The Morgan fingerprint density at radius 1 is 1.15 bits per heavy atom. The molecular weight excluding hydrogens is 164 g/mol. The SMILES string of the molecule is C#C.CN1CCN(CCCO)CC1. The van der Waals surface area contributed by atoms with E-state index in [1.54, 1.807) is 0 Å². The lowest BCUT2D eigenvalue weighted by atomic mass is 10.3. The Kier molecular flexibility index (Phi) is 7.71. The van der Waals surface area contributed by atoms with Crippen LogP contribution in [0.1, 0.15) is 6.42 Å². The molecule has 76 valence electrons. The molecule has 0 aromatic carbocycles. The van der Waals surface area contributed by atoms with Crippen molar-refractivity contribution >= 4 is 0 Å². The van der Waals surface area contributed by atoms with Gasteiger partial charge in [0.2, 0.25) is 0 Å². The van der Waals surface area contributed by atoms with Crippen LogP contribution >= 0.6 is 0 Å². The van der Waals surface area contributed by atoms with Crippen LogP contribution in [0.3, 0.4) is 0 Å². The van der Waals surface area contributed by atoms with Crippen LogP contribution in [0.4, 0.5) is 0 Å². The summed E-state index contributed by atoms with van der Waals surface area (Å²) in [4.78, 5) is 4.76. The number of aliphatic hydroxyl groups excluding tert-OH is 1. The first kappa shape index (κ1) is 12.4. The third kappa shape index (κ3) is 5.64. The Labute approximate surface area is 81.3 Å². The lowest BCUT2D eigenvalue weighted by molar-refractivity contribution is 0.143. The van der Waals surface area contributed by atoms with E-state index in [2.05, 4.69) is 29.7 Å². The normalized spacial score (nSPS) is 19.1. The van der Waals surface area contributed by atoms with Gasteiger partial charge >= 0.3 is 0 Å². The molecule has 1 N–H and O–H groups in total. The molecule has 1 rings (SSSR count). The summed E-state index contributed by atoms with van der Waals surface area (Å²) in [7, 11) is 2.16. The van der Waals surface area contributed by atoms with Gasteiger partial charge in [-0.25, -0.2) is 0 Å². The summed E-state index contributed by atoms with van der Waals surface area (Å²) in [6.45, 7) is 6.06. The van der Waals surface area contributed by atoms with E-state index in [-0.39, 0.29) is 0 Å². The lowest BCUT2D eigenvalue weighted by Gasteiger charge is -2.32. The quantitative estimate of drug-likeness (QED) is 0.619. The first-order valence-corrected chi connectivity index (χ1v) is 4.68. The summed E-state index contributed by atoms with van der Waals surface area (Å²) in [6, 6.07) is 0. The van der Waals surface area contributed by atoms with Crippen molar-refractivity contribution in [3.63, 3.8) is 0 Å². The van der Waals surface area contributed by atoms with Crippen LogP contribution in [0.5, 0.6) is 0 Å². The van der Waals surface area contributed by atoms with Gasteiger partial charge in [-0.15, -0.1) is 12.8 Å². The van der Waals surface area contributed by atoms with Crippen molar-refractivity contribution in [1.29, 1.82) is 0 Å². The van der Waals surface area contributed by atoms with Gasteiger partial charge in [0.15, 0.2) is 0 Å². The largest absolute Gasteiger partial charge is 0.396 e. The van der Waals surface area contributed by atoms with Crippen LogP contribution in [0, 0.1) is 12.8 Å². The van der Waals surface area contributed by atoms with Gasteiger partial charge in [-0.1, -0.05) is 0 Å². The van der Waals surface area contributed by atoms with E-state index in [0.717, 1.165) is 26.1 Å². The Balaban J connectivity index is 0.000000671. The van der Waals surface area contributed by atoms with Crippen LogP contribution < -0.4 is 0 Å². The van der Waals surface area contributed by atoms with Crippen molar-refractivity contribution in [3.05, 3.63) is 0 Å². The van der Waals surface area contributed by atoms with E-state index in [9.17, 15) is 0 Å². The molecule has 13 heavy (non-hydrogen) atoms. The number of rotatable bonds is 3. The zero-order valence-corrected chi connectivity index (χ0v) is 8.45. The predicted molar refractivity (Wildman–Crippen MR) is 55.5 cm³/mol. The maximum Gasteiger partial charge on any atom is 0.0443 e. The highest BCUT2D eigenvalue weighted by atomic mass is 16.3. The highest BCUT2D eigenvalue weighted by Gasteiger charge is 2.12. The molecular formula is C10H20N2O. The molecule has 0 aromatic heterocycles. The summed E-state index contributed by atoms with van der Waals surface area (Å²) < 4.78 is 0. The van der Waals surface area contributed by atoms with Crippen molar-refractivity contribution < 1.29 is 5.11 Å². The maximum atomic E-state index is 8.61. The minimum absolute atomic E-state index is 0.326. The summed E-state index contributed by atoms with van der Waals surface area (Å²) in [5, 5.41) is 8.61. The third-order valence-electron chi connectivity index (χ3n) is 2.23. The number of piperazine rings is 1. The average molecular weight is 184 g/mol. The molecule has 3 nitrogen and oxygen atoms in total. The maximum absolute atomic E-state index is 8.61. The van der Waals surface area contributed by atoms with Gasteiger partial charge in [-0.3, -0.25) is 0 Å². The van der Waals surface area contributed by atoms with Gasteiger partial charge in [0, 0.05) is 39.3 Å². The zero-order valence-electron chi connectivity index (χ0n) is 8.45. The standard InChI is InChI=1S/C8H18N2O.C2H2/c1-9-4-6-10(7-5-9)3-2-8-11;1-2/h11H,2-8H2,1H3;1-2H. The predicted octanol–water partition coefficient (Wildman–Crippen LogP) is -0.134. The minimum atomic E-state index is 0.326. The molecule has 0 radical (unpaired) electrons. The lowest BCUT2D eigenvalue weighted by Crippen LogP contribution is -2.44. The topological polar surface area (TPSA) is 26.7 Å². The van der Waals surface area contributed by atoms with Crippen molar-refractivity contribution in [3.8, 4) is 12.8 Å². The van der Waals surface area contributed by atoms with E-state index in [0.29, 0.717) is 6.61 Å². The second-order valence-corrected chi connectivity index (χ2v) is 3.22. The number of hydrogen-bond acceptors (Lipinski definition) is 3. The van der Waals surface area contributed by atoms with E-state index in [1.807, 2.05) is 0 Å². The number of likely N-dealkylation sites (N-methyl/N-ethyl adjacent to an activating group) is 1. The first-order chi connectivity index (χ1) is 6.33. The fourth-order valence-electron chi connectivity index (χ4n) is 1.37. The molecule has 1 fully saturated rings. The molecule has 1 heterocycles. The van der Waals surface area contributed by atoms with Crippen molar-refractivity contribution in [2.24, 2.45) is 0 Å². The van der Waals surface area contributed by atoms with E-state index < -0.39 is 0 Å². The number of terminal acetylenes is 1. The summed E-state index contributed by atoms with van der Waals surface area (Å²) in [6.07, 6.45) is 8.92. The van der Waals surface area contributed by atoms with E-state index in [1.165, 1.54) is 13.1 Å². The molecule has 0 amide bonds. The number of nitrogens with zero attached hydrogens (tertiary/aromatic N) is 2. The van der Waals surface area contributed by atoms with Crippen LogP contribution in [0.15, 0.2) is 0 Å². The Bertz CT molecular complexity index is 125. The van der Waals surface area contributed by atoms with Gasteiger partial charge in [0.1, 0.15) is 0 Å². The molecule has 0 spiro atoms. The smallest absolute Gasteiger partial charge is 0.0443 e. The van der Waals surface area contributed by atoms with Gasteiger partial charge in [0.25, 0.3) is 0 Å². The van der Waals surface area contributed by atoms with Crippen LogP contribution in [0.2, 0.25) is 0 Å². The fourth-order valence-corrected chi connectivity index (χ4v) is 1.37. The number of aliphatic hydroxyl groups is 1. The third-order valence-corrected chi connectivity index (χ3v) is 2.23. The molecule has 0 atom stereocenters. The highest BCUT2D eigenvalue weighted by Crippen LogP contribution is 1.98. The molecule has 0 unspecified atom stereocenters. The van der Waals surface area contributed by atoms with Gasteiger partial charge in [0.05, 0.1) is 0 Å². The molecule has 0 aliphatic carbocycles. The zero-order chi connectivity index (χ0) is 10.1.